The number of likely N-dealkylation sites (N-methyl/N-ethyl adjacent to an activating group) is 1. The van der Waals surface area contributed by atoms with Crippen LogP contribution in [0.25, 0.3) is 0 Å². The molecule has 1 saturated heterocycles. The number of nitrogens with zero attached hydrogens (tertiary/aromatic N) is 1. The van der Waals surface area contributed by atoms with Gasteiger partial charge in [0.1, 0.15) is 12.4 Å². The molecule has 0 bridgehead atoms. The molecular formula is C18H30N2O. The third-order valence-electron chi connectivity index (χ3n) is 4.37. The molecule has 0 spiro atoms. The Bertz CT molecular complexity index is 416. The van der Waals surface area contributed by atoms with Crippen LogP contribution in [0.15, 0.2) is 24.3 Å². The van der Waals surface area contributed by atoms with Crippen LogP contribution in [0.1, 0.15) is 39.2 Å². The standard InChI is InChI=1S/C18H30N2O/c1-18(2,3)15-5-7-17(8-6-15)21-14-13-20(4)16-9-11-19-12-10-16/h5-8,16,19H,9-14H2,1-4H3. The smallest absolute Gasteiger partial charge is 0.119 e. The normalized spacial score (nSPS) is 17.2. The number of ether oxygens (including phenoxy) is 1. The summed E-state index contributed by atoms with van der Waals surface area (Å²) < 4.78 is 5.88. The average molecular weight is 290 g/mol. The Kier molecular flexibility index (Phi) is 5.65. The first-order chi connectivity index (χ1) is 9.97. The van der Waals surface area contributed by atoms with Gasteiger partial charge in [-0.1, -0.05) is 32.9 Å². The van der Waals surface area contributed by atoms with Gasteiger partial charge < -0.3 is 10.1 Å². The molecular weight excluding hydrogens is 260 g/mol. The molecule has 1 heterocycles. The summed E-state index contributed by atoms with van der Waals surface area (Å²) in [5.41, 5.74) is 1.55. The number of hydrogen-bond donors (Lipinski definition) is 1. The fraction of sp³-hybridized carbons (Fsp3) is 0.667. The lowest BCUT2D eigenvalue weighted by Crippen LogP contribution is -2.42. The van der Waals surface area contributed by atoms with E-state index in [1.165, 1.54) is 18.4 Å². The first-order valence-corrected chi connectivity index (χ1v) is 8.11. The van der Waals surface area contributed by atoms with Gasteiger partial charge in [0.25, 0.3) is 0 Å². The van der Waals surface area contributed by atoms with Gasteiger partial charge in [0, 0.05) is 12.6 Å². The van der Waals surface area contributed by atoms with E-state index in [2.05, 4.69) is 62.3 Å². The number of nitrogens with one attached hydrogen (secondary N) is 1. The number of benzene rings is 1. The van der Waals surface area contributed by atoms with Crippen LogP contribution in [0.4, 0.5) is 0 Å². The van der Waals surface area contributed by atoms with E-state index in [-0.39, 0.29) is 5.41 Å². The van der Waals surface area contributed by atoms with Crippen molar-refractivity contribution in [2.45, 2.75) is 45.1 Å². The van der Waals surface area contributed by atoms with E-state index in [1.807, 2.05) is 0 Å². The topological polar surface area (TPSA) is 24.5 Å². The van der Waals surface area contributed by atoms with Crippen LogP contribution in [0.2, 0.25) is 0 Å². The monoisotopic (exact) mass is 290 g/mol. The molecule has 1 N–H and O–H groups in total. The van der Waals surface area contributed by atoms with E-state index in [0.29, 0.717) is 6.04 Å². The van der Waals surface area contributed by atoms with E-state index in [4.69, 9.17) is 4.74 Å². The second-order valence-corrected chi connectivity index (χ2v) is 7.08. The Labute approximate surface area is 129 Å². The lowest BCUT2D eigenvalue weighted by Gasteiger charge is -2.31. The molecule has 1 aromatic carbocycles. The van der Waals surface area contributed by atoms with Gasteiger partial charge in [0.2, 0.25) is 0 Å². The van der Waals surface area contributed by atoms with Gasteiger partial charge in [-0.3, -0.25) is 4.90 Å². The molecule has 2 rings (SSSR count). The van der Waals surface area contributed by atoms with Crippen molar-refractivity contribution in [3.05, 3.63) is 29.8 Å². The second kappa shape index (κ2) is 7.28. The molecule has 118 valence electrons. The Morgan fingerprint density at radius 3 is 2.33 bits per heavy atom. The van der Waals surface area contributed by atoms with E-state index in [1.54, 1.807) is 0 Å². The quantitative estimate of drug-likeness (QED) is 0.902. The van der Waals surface area contributed by atoms with Crippen molar-refractivity contribution in [2.24, 2.45) is 0 Å². The zero-order valence-corrected chi connectivity index (χ0v) is 14.0. The lowest BCUT2D eigenvalue weighted by atomic mass is 9.87. The summed E-state index contributed by atoms with van der Waals surface area (Å²) in [6.07, 6.45) is 2.49. The maximum Gasteiger partial charge on any atom is 0.119 e. The maximum absolute atomic E-state index is 5.88. The highest BCUT2D eigenvalue weighted by molar-refractivity contribution is 5.31. The molecule has 1 fully saturated rings. The van der Waals surface area contributed by atoms with Crippen LogP contribution in [-0.2, 0) is 5.41 Å². The van der Waals surface area contributed by atoms with Gasteiger partial charge >= 0.3 is 0 Å². The number of rotatable bonds is 5. The summed E-state index contributed by atoms with van der Waals surface area (Å²) in [5, 5.41) is 3.41. The molecule has 21 heavy (non-hydrogen) atoms. The van der Waals surface area contributed by atoms with Gasteiger partial charge in [-0.15, -0.1) is 0 Å². The minimum absolute atomic E-state index is 0.202. The minimum atomic E-state index is 0.202. The SMILES string of the molecule is CN(CCOc1ccc(C(C)(C)C)cc1)C1CCNCC1. The van der Waals surface area contributed by atoms with E-state index >= 15 is 0 Å². The van der Waals surface area contributed by atoms with Gasteiger partial charge in [-0.25, -0.2) is 0 Å². The van der Waals surface area contributed by atoms with E-state index < -0.39 is 0 Å². The van der Waals surface area contributed by atoms with Crippen molar-refractivity contribution in [2.75, 3.05) is 33.3 Å². The highest BCUT2D eigenvalue weighted by Gasteiger charge is 2.17. The number of piperidine rings is 1. The maximum atomic E-state index is 5.88. The van der Waals surface area contributed by atoms with Gasteiger partial charge in [0.05, 0.1) is 0 Å². The van der Waals surface area contributed by atoms with Crippen LogP contribution in [0.5, 0.6) is 5.75 Å². The number of hydrogen-bond acceptors (Lipinski definition) is 3. The Hall–Kier alpha value is -1.06. The first-order valence-electron chi connectivity index (χ1n) is 8.11. The average Bonchev–Trinajstić information content (AvgIpc) is 2.47. The Balaban J connectivity index is 1.75. The van der Waals surface area contributed by atoms with Crippen molar-refractivity contribution in [3.8, 4) is 5.75 Å². The molecule has 0 atom stereocenters. The summed E-state index contributed by atoms with van der Waals surface area (Å²) in [6, 6.07) is 9.23. The molecule has 0 radical (unpaired) electrons. The molecule has 1 aromatic rings. The fourth-order valence-electron chi connectivity index (χ4n) is 2.79. The van der Waals surface area contributed by atoms with Gasteiger partial charge in [0.15, 0.2) is 0 Å². The van der Waals surface area contributed by atoms with Crippen LogP contribution in [0, 0.1) is 0 Å². The van der Waals surface area contributed by atoms with Crippen LogP contribution < -0.4 is 10.1 Å². The zero-order valence-electron chi connectivity index (χ0n) is 14.0. The van der Waals surface area contributed by atoms with E-state index in [9.17, 15) is 0 Å². The molecule has 0 aromatic heterocycles. The molecule has 0 unspecified atom stereocenters. The lowest BCUT2D eigenvalue weighted by molar-refractivity contribution is 0.165. The Morgan fingerprint density at radius 1 is 1.14 bits per heavy atom. The zero-order chi connectivity index (χ0) is 15.3. The fourth-order valence-corrected chi connectivity index (χ4v) is 2.79. The minimum Gasteiger partial charge on any atom is -0.492 e. The summed E-state index contributed by atoms with van der Waals surface area (Å²) in [5.74, 6) is 0.974. The molecule has 0 aliphatic carbocycles. The summed E-state index contributed by atoms with van der Waals surface area (Å²) in [4.78, 5) is 2.43. The first kappa shape index (κ1) is 16.3. The summed E-state index contributed by atoms with van der Waals surface area (Å²) >= 11 is 0. The predicted molar refractivity (Wildman–Crippen MR) is 89.2 cm³/mol. The van der Waals surface area contributed by atoms with Crippen molar-refractivity contribution in [1.82, 2.24) is 10.2 Å². The highest BCUT2D eigenvalue weighted by atomic mass is 16.5. The van der Waals surface area contributed by atoms with Crippen molar-refractivity contribution < 1.29 is 4.74 Å². The molecule has 1 aliphatic heterocycles. The van der Waals surface area contributed by atoms with Gasteiger partial charge in [-0.05, 0) is 56.1 Å². The largest absolute Gasteiger partial charge is 0.492 e. The highest BCUT2D eigenvalue weighted by Crippen LogP contribution is 2.24. The van der Waals surface area contributed by atoms with Crippen LogP contribution >= 0.6 is 0 Å². The third kappa shape index (κ3) is 5.01. The van der Waals surface area contributed by atoms with Crippen molar-refractivity contribution in [3.63, 3.8) is 0 Å². The van der Waals surface area contributed by atoms with Crippen molar-refractivity contribution >= 4 is 0 Å². The van der Waals surface area contributed by atoms with E-state index in [0.717, 1.165) is 32.0 Å². The van der Waals surface area contributed by atoms with Crippen molar-refractivity contribution in [1.29, 1.82) is 0 Å². The summed E-state index contributed by atoms with van der Waals surface area (Å²) in [6.45, 7) is 10.7. The predicted octanol–water partition coefficient (Wildman–Crippen LogP) is 3.05. The molecule has 0 saturated carbocycles. The second-order valence-electron chi connectivity index (χ2n) is 7.08. The van der Waals surface area contributed by atoms with Crippen LogP contribution in [0.3, 0.4) is 0 Å². The third-order valence-corrected chi connectivity index (χ3v) is 4.37. The molecule has 3 heteroatoms. The molecule has 0 amide bonds. The summed E-state index contributed by atoms with van der Waals surface area (Å²) in [7, 11) is 2.21. The Morgan fingerprint density at radius 2 is 1.76 bits per heavy atom. The van der Waals surface area contributed by atoms with Crippen LogP contribution in [-0.4, -0.2) is 44.2 Å². The van der Waals surface area contributed by atoms with Gasteiger partial charge in [-0.2, -0.15) is 0 Å². The molecule has 3 nitrogen and oxygen atoms in total. The molecule has 1 aliphatic rings.